The second kappa shape index (κ2) is 9.24. The van der Waals surface area contributed by atoms with Crippen molar-refractivity contribution in [2.24, 2.45) is 0 Å². The molecule has 0 saturated heterocycles. The van der Waals surface area contributed by atoms with Gasteiger partial charge in [0.25, 0.3) is 0 Å². The Balaban J connectivity index is 0. The summed E-state index contributed by atoms with van der Waals surface area (Å²) < 4.78 is 0. The van der Waals surface area contributed by atoms with Gasteiger partial charge in [-0.15, -0.1) is 6.58 Å². The van der Waals surface area contributed by atoms with E-state index in [2.05, 4.69) is 6.58 Å². The standard InChI is InChI=1S/C3H6O.B/c1-2-3-4;/h2,4H,1,3H2;. The third kappa shape index (κ3) is 20.0. The average molecular weight is 68.9 g/mol. The van der Waals surface area contributed by atoms with E-state index in [0.29, 0.717) is 0 Å². The third-order valence-electron chi connectivity index (χ3n) is 0.129. The topological polar surface area (TPSA) is 20.2 Å². The van der Waals surface area contributed by atoms with Crippen LogP contribution >= 0.6 is 0 Å². The summed E-state index contributed by atoms with van der Waals surface area (Å²) in [4.78, 5) is 0. The molecule has 0 saturated carbocycles. The number of hydrogen-bond acceptors (Lipinski definition) is 1. The van der Waals surface area contributed by atoms with Gasteiger partial charge in [-0.05, 0) is 0 Å². The summed E-state index contributed by atoms with van der Waals surface area (Å²) in [5.74, 6) is 0. The van der Waals surface area contributed by atoms with Crippen LogP contribution in [-0.4, -0.2) is 20.1 Å². The second-order valence-electron chi connectivity index (χ2n) is 0.471. The van der Waals surface area contributed by atoms with Gasteiger partial charge in [0.05, 0.1) is 6.61 Å². The Morgan fingerprint density at radius 2 is 2.00 bits per heavy atom. The van der Waals surface area contributed by atoms with Crippen molar-refractivity contribution in [1.29, 1.82) is 0 Å². The van der Waals surface area contributed by atoms with Crippen LogP contribution in [0.5, 0.6) is 0 Å². The average Bonchev–Trinajstić information content (AvgIpc) is 1.37. The van der Waals surface area contributed by atoms with Crippen molar-refractivity contribution < 1.29 is 5.11 Å². The lowest BCUT2D eigenvalue weighted by Gasteiger charge is -1.60. The molecule has 5 heavy (non-hydrogen) atoms. The van der Waals surface area contributed by atoms with E-state index in [1.165, 1.54) is 6.08 Å². The van der Waals surface area contributed by atoms with Crippen LogP contribution in [-0.2, 0) is 0 Å². The van der Waals surface area contributed by atoms with Gasteiger partial charge in [-0.2, -0.15) is 0 Å². The highest BCUT2D eigenvalue weighted by atomic mass is 16.2. The highest BCUT2D eigenvalue weighted by Gasteiger charge is 1.45. The van der Waals surface area contributed by atoms with E-state index in [0.717, 1.165) is 0 Å². The molecule has 0 spiro atoms. The van der Waals surface area contributed by atoms with Crippen LogP contribution in [0.4, 0.5) is 0 Å². The molecule has 0 unspecified atom stereocenters. The van der Waals surface area contributed by atoms with E-state index in [-0.39, 0.29) is 15.0 Å². The molecule has 0 aliphatic heterocycles. The van der Waals surface area contributed by atoms with Crippen molar-refractivity contribution in [2.45, 2.75) is 0 Å². The molecule has 0 amide bonds. The van der Waals surface area contributed by atoms with Crippen molar-refractivity contribution in [2.75, 3.05) is 6.61 Å². The van der Waals surface area contributed by atoms with E-state index >= 15 is 0 Å². The second-order valence-corrected chi connectivity index (χ2v) is 0.471. The van der Waals surface area contributed by atoms with Gasteiger partial charge < -0.3 is 5.11 Å². The van der Waals surface area contributed by atoms with Crippen LogP contribution < -0.4 is 0 Å². The summed E-state index contributed by atoms with van der Waals surface area (Å²) in [6, 6.07) is 0. The molecular weight excluding hydrogens is 62.8 g/mol. The van der Waals surface area contributed by atoms with Gasteiger partial charge in [-0.25, -0.2) is 0 Å². The SMILES string of the molecule is C=CCO.[B]. The van der Waals surface area contributed by atoms with Gasteiger partial charge in [-0.1, -0.05) is 6.08 Å². The quantitative estimate of drug-likeness (QED) is 0.333. The molecule has 27 valence electrons. The number of hydrogen-bond donors (Lipinski definition) is 1. The van der Waals surface area contributed by atoms with Gasteiger partial charge >= 0.3 is 0 Å². The molecule has 1 N–H and O–H groups in total. The first-order valence-electron chi connectivity index (χ1n) is 1.13. The Kier molecular flexibility index (Phi) is 16.3. The number of aliphatic hydroxyl groups is 1. The maximum absolute atomic E-state index is 7.76. The van der Waals surface area contributed by atoms with E-state index in [1.807, 2.05) is 0 Å². The summed E-state index contributed by atoms with van der Waals surface area (Å²) in [5, 5.41) is 7.76. The summed E-state index contributed by atoms with van der Waals surface area (Å²) >= 11 is 0. The summed E-state index contributed by atoms with van der Waals surface area (Å²) in [7, 11) is 0. The zero-order valence-corrected chi connectivity index (χ0v) is 3.02. The maximum atomic E-state index is 7.76. The zero-order valence-electron chi connectivity index (χ0n) is 3.02. The normalized spacial score (nSPS) is 5.00. The molecule has 0 rings (SSSR count). The first-order chi connectivity index (χ1) is 1.91. The number of aliphatic hydroxyl groups excluding tert-OH is 1. The molecular formula is C3H6BO. The summed E-state index contributed by atoms with van der Waals surface area (Å²) in [5.41, 5.74) is 0. The molecule has 2 heteroatoms. The van der Waals surface area contributed by atoms with Crippen molar-refractivity contribution in [3.05, 3.63) is 12.7 Å². The molecule has 0 aromatic carbocycles. The van der Waals surface area contributed by atoms with E-state index in [9.17, 15) is 0 Å². The molecule has 0 aliphatic carbocycles. The molecule has 0 heterocycles. The fourth-order valence-electron chi connectivity index (χ4n) is 0. The monoisotopic (exact) mass is 69.1 g/mol. The molecule has 0 bridgehead atoms. The molecule has 3 radical (unpaired) electrons. The van der Waals surface area contributed by atoms with Crippen molar-refractivity contribution in [1.82, 2.24) is 0 Å². The van der Waals surface area contributed by atoms with E-state index in [1.54, 1.807) is 0 Å². The summed E-state index contributed by atoms with van der Waals surface area (Å²) in [6.45, 7) is 3.31. The number of rotatable bonds is 1. The van der Waals surface area contributed by atoms with Crippen molar-refractivity contribution in [3.8, 4) is 0 Å². The first kappa shape index (κ1) is 8.83. The molecule has 1 nitrogen and oxygen atoms in total. The maximum Gasteiger partial charge on any atom is 0.0609 e. The fraction of sp³-hybridized carbons (Fsp3) is 0.333. The lowest BCUT2D eigenvalue weighted by atomic mass is 10.7. The van der Waals surface area contributed by atoms with Crippen LogP contribution in [0.1, 0.15) is 0 Å². The molecule has 0 aromatic heterocycles. The van der Waals surface area contributed by atoms with Crippen LogP contribution in [0.3, 0.4) is 0 Å². The highest BCUT2D eigenvalue weighted by molar-refractivity contribution is 5.75. The van der Waals surface area contributed by atoms with Crippen molar-refractivity contribution in [3.63, 3.8) is 0 Å². The van der Waals surface area contributed by atoms with E-state index in [4.69, 9.17) is 5.11 Å². The Hall–Kier alpha value is -0.235. The predicted octanol–water partition coefficient (Wildman–Crippen LogP) is -0.216. The van der Waals surface area contributed by atoms with Gasteiger partial charge in [0.15, 0.2) is 0 Å². The van der Waals surface area contributed by atoms with Crippen LogP contribution in [0.2, 0.25) is 0 Å². The van der Waals surface area contributed by atoms with Crippen LogP contribution in [0.25, 0.3) is 0 Å². The Labute approximate surface area is 33.9 Å². The van der Waals surface area contributed by atoms with Gasteiger partial charge in [0.2, 0.25) is 0 Å². The minimum atomic E-state index is 0. The minimum absolute atomic E-state index is 0. The lowest BCUT2D eigenvalue weighted by molar-refractivity contribution is 0.343. The summed E-state index contributed by atoms with van der Waals surface area (Å²) in [6.07, 6.45) is 1.43. The molecule has 0 aromatic rings. The van der Waals surface area contributed by atoms with Crippen LogP contribution in [0, 0.1) is 0 Å². The Morgan fingerprint density at radius 3 is 2.00 bits per heavy atom. The fourth-order valence-corrected chi connectivity index (χ4v) is 0. The largest absolute Gasteiger partial charge is 0.392 e. The van der Waals surface area contributed by atoms with Gasteiger partial charge in [0, 0.05) is 8.41 Å². The lowest BCUT2D eigenvalue weighted by Crippen LogP contribution is -1.62. The van der Waals surface area contributed by atoms with Crippen molar-refractivity contribution >= 4 is 8.41 Å². The first-order valence-corrected chi connectivity index (χ1v) is 1.13. The van der Waals surface area contributed by atoms with E-state index < -0.39 is 0 Å². The molecule has 0 atom stereocenters. The van der Waals surface area contributed by atoms with Gasteiger partial charge in [-0.3, -0.25) is 0 Å². The van der Waals surface area contributed by atoms with Crippen LogP contribution in [0.15, 0.2) is 12.7 Å². The predicted molar refractivity (Wildman–Crippen MR) is 23.0 cm³/mol. The zero-order chi connectivity index (χ0) is 3.41. The minimum Gasteiger partial charge on any atom is -0.392 e. The smallest absolute Gasteiger partial charge is 0.0609 e. The third-order valence-corrected chi connectivity index (χ3v) is 0.129. The van der Waals surface area contributed by atoms with Gasteiger partial charge in [0.1, 0.15) is 0 Å². The molecule has 0 aliphatic rings. The molecule has 0 fully saturated rings. The highest BCUT2D eigenvalue weighted by Crippen LogP contribution is 1.46. The Morgan fingerprint density at radius 1 is 1.80 bits per heavy atom. The Bertz CT molecular complexity index is 20.9.